The molecular formula is C21H27NO4. The number of nitrogens with zero attached hydrogens (tertiary/aromatic N) is 1. The van der Waals surface area contributed by atoms with Crippen molar-refractivity contribution in [3.63, 3.8) is 0 Å². The maximum absolute atomic E-state index is 13.0. The molecule has 1 fully saturated rings. The van der Waals surface area contributed by atoms with Crippen molar-refractivity contribution in [1.29, 1.82) is 0 Å². The number of benzene rings is 1. The van der Waals surface area contributed by atoms with Crippen molar-refractivity contribution < 1.29 is 18.7 Å². The van der Waals surface area contributed by atoms with Gasteiger partial charge in [0.2, 0.25) is 0 Å². The lowest BCUT2D eigenvalue weighted by molar-refractivity contribution is 0.0802. The molecule has 0 aliphatic carbocycles. The van der Waals surface area contributed by atoms with Crippen LogP contribution in [0.25, 0.3) is 0 Å². The van der Waals surface area contributed by atoms with E-state index < -0.39 is 0 Å². The van der Waals surface area contributed by atoms with Crippen molar-refractivity contribution in [3.8, 4) is 11.5 Å². The molecule has 1 saturated heterocycles. The van der Waals surface area contributed by atoms with Gasteiger partial charge < -0.3 is 13.9 Å². The standard InChI is InChI=1S/C21H27NO4/c1-4-17-8-9-18(26-17)14-22-11-5-6-16(13-22)21(23)15-7-10-19(24-2)20(12-15)25-3/h7-10,12,16H,4-6,11,13-14H2,1-3H3. The SMILES string of the molecule is CCc1ccc(CN2CCCC(C(=O)c3ccc(OC)c(OC)c3)C2)o1. The molecule has 1 unspecified atom stereocenters. The normalized spacial score (nSPS) is 17.9. The number of hydrogen-bond donors (Lipinski definition) is 0. The molecule has 0 N–H and O–H groups in total. The fraction of sp³-hybridized carbons (Fsp3) is 0.476. The van der Waals surface area contributed by atoms with Crippen molar-refractivity contribution in [2.24, 2.45) is 5.92 Å². The lowest BCUT2D eigenvalue weighted by atomic mass is 9.90. The molecular weight excluding hydrogens is 330 g/mol. The van der Waals surface area contributed by atoms with Crippen LogP contribution in [0.1, 0.15) is 41.6 Å². The summed E-state index contributed by atoms with van der Waals surface area (Å²) in [6, 6.07) is 9.47. The number of piperidine rings is 1. The van der Waals surface area contributed by atoms with E-state index >= 15 is 0 Å². The zero-order valence-electron chi connectivity index (χ0n) is 15.8. The molecule has 0 spiro atoms. The molecule has 2 aromatic rings. The van der Waals surface area contributed by atoms with E-state index in [1.54, 1.807) is 26.4 Å². The Morgan fingerprint density at radius 3 is 2.62 bits per heavy atom. The first-order chi connectivity index (χ1) is 12.6. The van der Waals surface area contributed by atoms with Crippen molar-refractivity contribution in [3.05, 3.63) is 47.4 Å². The molecule has 0 amide bonds. The van der Waals surface area contributed by atoms with Crippen LogP contribution in [-0.2, 0) is 13.0 Å². The minimum atomic E-state index is 0.00228. The number of Topliss-reactive ketones (excluding diaryl/α,β-unsaturated/α-hetero) is 1. The van der Waals surface area contributed by atoms with Crippen molar-refractivity contribution >= 4 is 5.78 Å². The number of methoxy groups -OCH3 is 2. The van der Waals surface area contributed by atoms with Crippen LogP contribution in [0.2, 0.25) is 0 Å². The van der Waals surface area contributed by atoms with E-state index in [0.717, 1.165) is 50.4 Å². The zero-order valence-corrected chi connectivity index (χ0v) is 15.8. The molecule has 2 heterocycles. The molecule has 1 aromatic carbocycles. The third-order valence-corrected chi connectivity index (χ3v) is 4.99. The highest BCUT2D eigenvalue weighted by atomic mass is 16.5. The maximum atomic E-state index is 13.0. The van der Waals surface area contributed by atoms with Crippen molar-refractivity contribution in [1.82, 2.24) is 4.90 Å². The molecule has 5 heteroatoms. The van der Waals surface area contributed by atoms with Gasteiger partial charge in [0, 0.05) is 24.4 Å². The highest BCUT2D eigenvalue weighted by Crippen LogP contribution is 2.30. The summed E-state index contributed by atoms with van der Waals surface area (Å²) in [5, 5.41) is 0. The first-order valence-corrected chi connectivity index (χ1v) is 9.20. The molecule has 140 valence electrons. The van der Waals surface area contributed by atoms with Crippen LogP contribution in [0.4, 0.5) is 0 Å². The maximum Gasteiger partial charge on any atom is 0.167 e. The van der Waals surface area contributed by atoms with Gasteiger partial charge in [-0.2, -0.15) is 0 Å². The molecule has 1 aromatic heterocycles. The smallest absolute Gasteiger partial charge is 0.167 e. The number of ketones is 1. The number of hydrogen-bond acceptors (Lipinski definition) is 5. The van der Waals surface area contributed by atoms with Crippen molar-refractivity contribution in [2.75, 3.05) is 27.3 Å². The van der Waals surface area contributed by atoms with Gasteiger partial charge in [0.1, 0.15) is 11.5 Å². The molecule has 0 radical (unpaired) electrons. The van der Waals surface area contributed by atoms with E-state index in [2.05, 4.69) is 11.8 Å². The van der Waals surface area contributed by atoms with Gasteiger partial charge in [-0.15, -0.1) is 0 Å². The summed E-state index contributed by atoms with van der Waals surface area (Å²) in [7, 11) is 3.18. The second kappa shape index (κ2) is 8.41. The Labute approximate surface area is 154 Å². The monoisotopic (exact) mass is 357 g/mol. The summed E-state index contributed by atoms with van der Waals surface area (Å²) in [6.07, 6.45) is 2.84. The van der Waals surface area contributed by atoms with Gasteiger partial charge >= 0.3 is 0 Å². The van der Waals surface area contributed by atoms with Crippen LogP contribution in [0.5, 0.6) is 11.5 Å². The number of ether oxygens (including phenoxy) is 2. The quantitative estimate of drug-likeness (QED) is 0.702. The van der Waals surface area contributed by atoms with Crippen LogP contribution in [0.3, 0.4) is 0 Å². The molecule has 5 nitrogen and oxygen atoms in total. The summed E-state index contributed by atoms with van der Waals surface area (Å²) >= 11 is 0. The van der Waals surface area contributed by atoms with Gasteiger partial charge in [0.25, 0.3) is 0 Å². The van der Waals surface area contributed by atoms with Gasteiger partial charge in [-0.25, -0.2) is 0 Å². The van der Waals surface area contributed by atoms with Gasteiger partial charge in [-0.3, -0.25) is 9.69 Å². The second-order valence-corrected chi connectivity index (χ2v) is 6.73. The summed E-state index contributed by atoms with van der Waals surface area (Å²) in [5.41, 5.74) is 0.681. The first kappa shape index (κ1) is 18.5. The number of aryl methyl sites for hydroxylation is 1. The Bertz CT molecular complexity index is 752. The van der Waals surface area contributed by atoms with E-state index in [9.17, 15) is 4.79 Å². The van der Waals surface area contributed by atoms with Crippen LogP contribution in [-0.4, -0.2) is 38.0 Å². The van der Waals surface area contributed by atoms with Crippen LogP contribution >= 0.6 is 0 Å². The zero-order chi connectivity index (χ0) is 18.5. The lowest BCUT2D eigenvalue weighted by Crippen LogP contribution is -2.38. The highest BCUT2D eigenvalue weighted by Gasteiger charge is 2.27. The summed E-state index contributed by atoms with van der Waals surface area (Å²) in [4.78, 5) is 15.3. The lowest BCUT2D eigenvalue weighted by Gasteiger charge is -2.31. The third kappa shape index (κ3) is 4.10. The summed E-state index contributed by atoms with van der Waals surface area (Å²) < 4.78 is 16.4. The topological polar surface area (TPSA) is 51.9 Å². The second-order valence-electron chi connectivity index (χ2n) is 6.73. The van der Waals surface area contributed by atoms with E-state index in [4.69, 9.17) is 13.9 Å². The predicted octanol–water partition coefficient (Wildman–Crippen LogP) is 3.95. The molecule has 0 saturated carbocycles. The van der Waals surface area contributed by atoms with Crippen LogP contribution < -0.4 is 9.47 Å². The van der Waals surface area contributed by atoms with Crippen LogP contribution in [0.15, 0.2) is 34.7 Å². The molecule has 1 aliphatic rings. The van der Waals surface area contributed by atoms with E-state index in [0.29, 0.717) is 17.1 Å². The average molecular weight is 357 g/mol. The Kier molecular flexibility index (Phi) is 5.99. The molecule has 26 heavy (non-hydrogen) atoms. The molecule has 0 bridgehead atoms. The number of carbonyl (C=O) groups excluding carboxylic acids is 1. The number of rotatable bonds is 7. The molecule has 1 atom stereocenters. The highest BCUT2D eigenvalue weighted by molar-refractivity contribution is 5.98. The Morgan fingerprint density at radius 2 is 1.92 bits per heavy atom. The summed E-state index contributed by atoms with van der Waals surface area (Å²) in [6.45, 7) is 4.60. The van der Waals surface area contributed by atoms with Crippen LogP contribution in [0, 0.1) is 5.92 Å². The van der Waals surface area contributed by atoms with E-state index in [1.165, 1.54) is 0 Å². The van der Waals surface area contributed by atoms with Gasteiger partial charge in [0.15, 0.2) is 17.3 Å². The third-order valence-electron chi connectivity index (χ3n) is 4.99. The number of furan rings is 1. The Hall–Kier alpha value is -2.27. The fourth-order valence-corrected chi connectivity index (χ4v) is 3.56. The van der Waals surface area contributed by atoms with E-state index in [-0.39, 0.29) is 11.7 Å². The minimum absolute atomic E-state index is 0.00228. The Morgan fingerprint density at radius 1 is 1.15 bits per heavy atom. The fourth-order valence-electron chi connectivity index (χ4n) is 3.56. The number of likely N-dealkylation sites (tertiary alicyclic amines) is 1. The minimum Gasteiger partial charge on any atom is -0.493 e. The first-order valence-electron chi connectivity index (χ1n) is 9.20. The van der Waals surface area contributed by atoms with Gasteiger partial charge in [-0.05, 0) is 49.7 Å². The molecule has 3 rings (SSSR count). The van der Waals surface area contributed by atoms with Crippen molar-refractivity contribution in [2.45, 2.75) is 32.7 Å². The van der Waals surface area contributed by atoms with E-state index in [1.807, 2.05) is 18.2 Å². The average Bonchev–Trinajstić information content (AvgIpc) is 3.14. The van der Waals surface area contributed by atoms with Gasteiger partial charge in [0.05, 0.1) is 20.8 Å². The largest absolute Gasteiger partial charge is 0.493 e. The predicted molar refractivity (Wildman–Crippen MR) is 100.0 cm³/mol. The Balaban J connectivity index is 1.67. The summed E-state index contributed by atoms with van der Waals surface area (Å²) in [5.74, 6) is 3.38. The van der Waals surface area contributed by atoms with Gasteiger partial charge in [-0.1, -0.05) is 6.92 Å². The number of carbonyl (C=O) groups is 1. The molecule has 1 aliphatic heterocycles.